The maximum atomic E-state index is 13.0. The zero-order valence-electron chi connectivity index (χ0n) is 11.8. The number of halogens is 2. The Bertz CT molecular complexity index is 534. The van der Waals surface area contributed by atoms with E-state index in [-0.39, 0.29) is 17.6 Å². The molecular weight excluding hydrogens is 301 g/mol. The first-order valence-corrected chi connectivity index (χ1v) is 9.10. The third-order valence-corrected chi connectivity index (χ3v) is 4.33. The minimum absolute atomic E-state index is 0.0210. The molecule has 0 bridgehead atoms. The van der Waals surface area contributed by atoms with Crippen molar-refractivity contribution in [3.8, 4) is 0 Å². The normalized spacial score (nSPS) is 13.4. The van der Waals surface area contributed by atoms with Gasteiger partial charge in [-0.25, -0.2) is 12.8 Å². The van der Waals surface area contributed by atoms with Crippen LogP contribution >= 0.6 is 11.6 Å². The molecule has 0 amide bonds. The maximum absolute atomic E-state index is 13.0. The van der Waals surface area contributed by atoms with Crippen LogP contribution < -0.4 is 5.32 Å². The molecule has 0 saturated heterocycles. The largest absolute Gasteiger partial charge is 0.314 e. The van der Waals surface area contributed by atoms with Gasteiger partial charge >= 0.3 is 0 Å². The highest BCUT2D eigenvalue weighted by molar-refractivity contribution is 7.90. The molecule has 0 spiro atoms. The van der Waals surface area contributed by atoms with E-state index in [4.69, 9.17) is 11.6 Å². The van der Waals surface area contributed by atoms with E-state index < -0.39 is 9.84 Å². The highest BCUT2D eigenvalue weighted by Gasteiger charge is 2.14. The topological polar surface area (TPSA) is 46.2 Å². The summed E-state index contributed by atoms with van der Waals surface area (Å²) >= 11 is 6.01. The molecule has 0 aliphatic heterocycles. The molecule has 1 aromatic rings. The molecule has 1 aromatic carbocycles. The molecule has 0 aliphatic carbocycles. The van der Waals surface area contributed by atoms with Gasteiger partial charge in [-0.05, 0) is 43.5 Å². The summed E-state index contributed by atoms with van der Waals surface area (Å²) in [5, 5.41) is 3.70. The van der Waals surface area contributed by atoms with E-state index in [2.05, 4.69) is 5.32 Å². The molecular formula is C14H21ClFNO2S. The quantitative estimate of drug-likeness (QED) is 0.801. The lowest BCUT2D eigenvalue weighted by molar-refractivity contribution is 0.491. The second-order valence-electron chi connectivity index (χ2n) is 5.01. The average molecular weight is 322 g/mol. The van der Waals surface area contributed by atoms with E-state index in [1.165, 1.54) is 18.4 Å². The Morgan fingerprint density at radius 2 is 2.10 bits per heavy atom. The highest BCUT2D eigenvalue weighted by atomic mass is 35.5. The lowest BCUT2D eigenvalue weighted by Crippen LogP contribution is -2.33. The van der Waals surface area contributed by atoms with Crippen LogP contribution in [0.1, 0.15) is 25.3 Å². The highest BCUT2D eigenvalue weighted by Crippen LogP contribution is 2.19. The summed E-state index contributed by atoms with van der Waals surface area (Å²) in [6.45, 7) is 2.86. The van der Waals surface area contributed by atoms with Crippen LogP contribution in [0.2, 0.25) is 5.02 Å². The van der Waals surface area contributed by atoms with Gasteiger partial charge in [0, 0.05) is 17.3 Å². The first kappa shape index (κ1) is 17.4. The first-order valence-electron chi connectivity index (χ1n) is 6.67. The molecule has 20 heavy (non-hydrogen) atoms. The van der Waals surface area contributed by atoms with Crippen molar-refractivity contribution in [3.05, 3.63) is 34.6 Å². The second kappa shape index (κ2) is 7.96. The van der Waals surface area contributed by atoms with E-state index in [0.717, 1.165) is 18.5 Å². The summed E-state index contributed by atoms with van der Waals surface area (Å²) in [7, 11) is -2.99. The van der Waals surface area contributed by atoms with Crippen LogP contribution in [0.5, 0.6) is 0 Å². The first-order chi connectivity index (χ1) is 9.31. The molecule has 114 valence electrons. The van der Waals surface area contributed by atoms with Gasteiger partial charge in [-0.15, -0.1) is 0 Å². The maximum Gasteiger partial charge on any atom is 0.147 e. The van der Waals surface area contributed by atoms with Crippen molar-refractivity contribution in [1.82, 2.24) is 5.32 Å². The number of rotatable bonds is 8. The number of hydrogen-bond acceptors (Lipinski definition) is 3. The van der Waals surface area contributed by atoms with E-state index in [1.807, 2.05) is 6.92 Å². The van der Waals surface area contributed by atoms with Crippen LogP contribution in [0.4, 0.5) is 4.39 Å². The van der Waals surface area contributed by atoms with Crippen molar-refractivity contribution in [2.75, 3.05) is 18.6 Å². The van der Waals surface area contributed by atoms with Crippen LogP contribution in [-0.2, 0) is 16.3 Å². The summed E-state index contributed by atoms with van der Waals surface area (Å²) in [4.78, 5) is 0. The SMILES string of the molecule is CCCNC(CCS(C)(=O)=O)Cc1ccc(F)cc1Cl. The average Bonchev–Trinajstić information content (AvgIpc) is 2.34. The summed E-state index contributed by atoms with van der Waals surface area (Å²) in [5.41, 5.74) is 0.829. The van der Waals surface area contributed by atoms with E-state index in [9.17, 15) is 12.8 Å². The van der Waals surface area contributed by atoms with Gasteiger partial charge in [0.2, 0.25) is 0 Å². The van der Waals surface area contributed by atoms with E-state index in [0.29, 0.717) is 17.9 Å². The molecule has 0 aromatic heterocycles. The molecule has 6 heteroatoms. The van der Waals surface area contributed by atoms with Crippen molar-refractivity contribution in [1.29, 1.82) is 0 Å². The number of nitrogens with one attached hydrogen (secondary N) is 1. The minimum atomic E-state index is -2.99. The van der Waals surface area contributed by atoms with Crippen molar-refractivity contribution >= 4 is 21.4 Å². The van der Waals surface area contributed by atoms with Gasteiger partial charge in [0.1, 0.15) is 15.7 Å². The Kier molecular flexibility index (Phi) is 6.92. The van der Waals surface area contributed by atoms with Crippen molar-refractivity contribution < 1.29 is 12.8 Å². The fourth-order valence-electron chi connectivity index (χ4n) is 1.93. The van der Waals surface area contributed by atoms with Crippen molar-refractivity contribution in [2.45, 2.75) is 32.2 Å². The molecule has 0 aliphatic rings. The smallest absolute Gasteiger partial charge is 0.147 e. The molecule has 0 heterocycles. The fourth-order valence-corrected chi connectivity index (χ4v) is 2.89. The summed E-state index contributed by atoms with van der Waals surface area (Å²) < 4.78 is 35.6. The van der Waals surface area contributed by atoms with Crippen LogP contribution in [0.3, 0.4) is 0 Å². The van der Waals surface area contributed by atoms with Crippen molar-refractivity contribution in [2.24, 2.45) is 0 Å². The monoisotopic (exact) mass is 321 g/mol. The molecule has 1 unspecified atom stereocenters. The van der Waals surface area contributed by atoms with Gasteiger partial charge in [0.25, 0.3) is 0 Å². The van der Waals surface area contributed by atoms with Gasteiger partial charge in [0.05, 0.1) is 5.75 Å². The fraction of sp³-hybridized carbons (Fsp3) is 0.571. The lowest BCUT2D eigenvalue weighted by Gasteiger charge is -2.19. The van der Waals surface area contributed by atoms with Crippen LogP contribution in [0, 0.1) is 5.82 Å². The zero-order valence-corrected chi connectivity index (χ0v) is 13.4. The van der Waals surface area contributed by atoms with Gasteiger partial charge < -0.3 is 5.32 Å². The predicted octanol–water partition coefficient (Wildman–Crippen LogP) is 2.82. The van der Waals surface area contributed by atoms with Gasteiger partial charge in [-0.2, -0.15) is 0 Å². The van der Waals surface area contributed by atoms with Crippen LogP contribution in [0.15, 0.2) is 18.2 Å². The molecule has 0 radical (unpaired) electrons. The Morgan fingerprint density at radius 3 is 2.65 bits per heavy atom. The molecule has 0 saturated carbocycles. The summed E-state index contributed by atoms with van der Waals surface area (Å²) in [5.74, 6) is -0.235. The Morgan fingerprint density at radius 1 is 1.40 bits per heavy atom. The zero-order chi connectivity index (χ0) is 15.2. The molecule has 1 rings (SSSR count). The van der Waals surface area contributed by atoms with E-state index in [1.54, 1.807) is 6.07 Å². The Labute approximate surface area is 125 Å². The molecule has 0 fully saturated rings. The third kappa shape index (κ3) is 6.68. The second-order valence-corrected chi connectivity index (χ2v) is 7.68. The van der Waals surface area contributed by atoms with Gasteiger partial charge in [-0.3, -0.25) is 0 Å². The number of benzene rings is 1. The van der Waals surface area contributed by atoms with Crippen LogP contribution in [0.25, 0.3) is 0 Å². The molecule has 1 N–H and O–H groups in total. The number of sulfone groups is 1. The summed E-state index contributed by atoms with van der Waals surface area (Å²) in [6, 6.07) is 4.32. The lowest BCUT2D eigenvalue weighted by atomic mass is 10.0. The third-order valence-electron chi connectivity index (χ3n) is 3.00. The standard InChI is InChI=1S/C14H21ClFNO2S/c1-3-7-17-13(6-8-20(2,18)19)9-11-4-5-12(16)10-14(11)15/h4-5,10,13,17H,3,6-9H2,1-2H3. The number of hydrogen-bond donors (Lipinski definition) is 1. The van der Waals surface area contributed by atoms with Crippen molar-refractivity contribution in [3.63, 3.8) is 0 Å². The Balaban J connectivity index is 2.72. The van der Waals surface area contributed by atoms with Gasteiger partial charge in [-0.1, -0.05) is 24.6 Å². The Hall–Kier alpha value is -0.650. The van der Waals surface area contributed by atoms with Gasteiger partial charge in [0.15, 0.2) is 0 Å². The van der Waals surface area contributed by atoms with Crippen LogP contribution in [-0.4, -0.2) is 33.0 Å². The minimum Gasteiger partial charge on any atom is -0.314 e. The molecule has 1 atom stereocenters. The summed E-state index contributed by atoms with van der Waals surface area (Å²) in [6.07, 6.45) is 3.31. The van der Waals surface area contributed by atoms with E-state index >= 15 is 0 Å². The predicted molar refractivity (Wildman–Crippen MR) is 81.5 cm³/mol. The molecule has 3 nitrogen and oxygen atoms in total.